The molecular weight excluding hydrogens is 298 g/mol. The van der Waals surface area contributed by atoms with Crippen molar-refractivity contribution in [3.8, 4) is 5.75 Å². The minimum Gasteiger partial charge on any atom is -0.497 e. The fourth-order valence-corrected chi connectivity index (χ4v) is 2.56. The average molecular weight is 319 g/mol. The van der Waals surface area contributed by atoms with Crippen molar-refractivity contribution in [2.45, 2.75) is 6.42 Å². The molecule has 0 aromatic heterocycles. The number of anilines is 1. The normalized spacial score (nSPS) is 11.5. The molecule has 0 saturated carbocycles. The van der Waals surface area contributed by atoms with Gasteiger partial charge in [-0.25, -0.2) is 0 Å². The van der Waals surface area contributed by atoms with Crippen LogP contribution in [-0.2, 0) is 6.42 Å². The number of hydrogen-bond acceptors (Lipinski definition) is 2. The number of aliphatic imine (C=N–C) groups is 1. The molecule has 0 saturated heterocycles. The molecule has 122 valence electrons. The zero-order valence-corrected chi connectivity index (χ0v) is 13.7. The predicted molar refractivity (Wildman–Crippen MR) is 101 cm³/mol. The SMILES string of the molecule is COc1ccc(NC(N)=NCCc2ccc3ccccc3c2)cc1. The van der Waals surface area contributed by atoms with Gasteiger partial charge < -0.3 is 15.8 Å². The van der Waals surface area contributed by atoms with Crippen LogP contribution in [0.5, 0.6) is 5.75 Å². The van der Waals surface area contributed by atoms with Crippen LogP contribution in [0.4, 0.5) is 5.69 Å². The first-order chi connectivity index (χ1) is 11.7. The van der Waals surface area contributed by atoms with Crippen molar-refractivity contribution in [2.75, 3.05) is 19.0 Å². The van der Waals surface area contributed by atoms with Crippen LogP contribution in [-0.4, -0.2) is 19.6 Å². The summed E-state index contributed by atoms with van der Waals surface area (Å²) in [7, 11) is 1.64. The number of nitrogens with two attached hydrogens (primary N) is 1. The number of benzene rings is 3. The van der Waals surface area contributed by atoms with Gasteiger partial charge in [-0.3, -0.25) is 4.99 Å². The monoisotopic (exact) mass is 319 g/mol. The lowest BCUT2D eigenvalue weighted by Gasteiger charge is -2.07. The quantitative estimate of drug-likeness (QED) is 0.555. The van der Waals surface area contributed by atoms with Crippen molar-refractivity contribution in [3.63, 3.8) is 0 Å². The second-order valence-electron chi connectivity index (χ2n) is 5.55. The Morgan fingerprint density at radius 3 is 2.50 bits per heavy atom. The molecule has 0 atom stereocenters. The molecule has 0 aliphatic carbocycles. The minimum absolute atomic E-state index is 0.418. The number of rotatable bonds is 5. The maximum Gasteiger partial charge on any atom is 0.193 e. The van der Waals surface area contributed by atoms with E-state index in [1.54, 1.807) is 7.11 Å². The highest BCUT2D eigenvalue weighted by atomic mass is 16.5. The summed E-state index contributed by atoms with van der Waals surface area (Å²) in [5.41, 5.74) is 8.09. The smallest absolute Gasteiger partial charge is 0.193 e. The van der Waals surface area contributed by atoms with E-state index in [1.165, 1.54) is 16.3 Å². The van der Waals surface area contributed by atoms with Crippen LogP contribution in [0.15, 0.2) is 71.7 Å². The lowest BCUT2D eigenvalue weighted by atomic mass is 10.1. The third-order valence-corrected chi connectivity index (χ3v) is 3.86. The van der Waals surface area contributed by atoms with Crippen molar-refractivity contribution in [3.05, 3.63) is 72.3 Å². The third kappa shape index (κ3) is 4.04. The van der Waals surface area contributed by atoms with Gasteiger partial charge in [-0.2, -0.15) is 0 Å². The predicted octanol–water partition coefficient (Wildman–Crippen LogP) is 3.82. The molecule has 0 unspecified atom stereocenters. The molecule has 3 N–H and O–H groups in total. The van der Waals surface area contributed by atoms with Crippen LogP contribution in [0.1, 0.15) is 5.56 Å². The van der Waals surface area contributed by atoms with Gasteiger partial charge in [0.05, 0.1) is 7.11 Å². The van der Waals surface area contributed by atoms with Gasteiger partial charge in [-0.05, 0) is 47.0 Å². The first-order valence-electron chi connectivity index (χ1n) is 7.93. The average Bonchev–Trinajstić information content (AvgIpc) is 2.62. The summed E-state index contributed by atoms with van der Waals surface area (Å²) in [4.78, 5) is 4.39. The van der Waals surface area contributed by atoms with Crippen LogP contribution in [0, 0.1) is 0 Å². The Labute approximate surface area is 142 Å². The fourth-order valence-electron chi connectivity index (χ4n) is 2.56. The molecule has 4 nitrogen and oxygen atoms in total. The molecule has 4 heteroatoms. The second kappa shape index (κ2) is 7.51. The highest BCUT2D eigenvalue weighted by Crippen LogP contribution is 2.16. The lowest BCUT2D eigenvalue weighted by molar-refractivity contribution is 0.415. The molecule has 0 heterocycles. The Hall–Kier alpha value is -3.01. The van der Waals surface area contributed by atoms with E-state index in [0.29, 0.717) is 12.5 Å². The summed E-state index contributed by atoms with van der Waals surface area (Å²) >= 11 is 0. The van der Waals surface area contributed by atoms with E-state index in [9.17, 15) is 0 Å². The van der Waals surface area contributed by atoms with Gasteiger partial charge >= 0.3 is 0 Å². The van der Waals surface area contributed by atoms with Gasteiger partial charge in [0.15, 0.2) is 5.96 Å². The Bertz CT molecular complexity index is 841. The van der Waals surface area contributed by atoms with Gasteiger partial charge in [-0.15, -0.1) is 0 Å². The Kier molecular flexibility index (Phi) is 4.96. The Morgan fingerprint density at radius 2 is 1.75 bits per heavy atom. The summed E-state index contributed by atoms with van der Waals surface area (Å²) in [5, 5.41) is 5.59. The molecule has 0 spiro atoms. The van der Waals surface area contributed by atoms with E-state index in [2.05, 4.69) is 52.8 Å². The van der Waals surface area contributed by atoms with E-state index in [1.807, 2.05) is 24.3 Å². The first kappa shape index (κ1) is 15.9. The maximum absolute atomic E-state index is 5.94. The molecule has 0 amide bonds. The zero-order valence-electron chi connectivity index (χ0n) is 13.7. The summed E-state index contributed by atoms with van der Waals surface area (Å²) in [6.45, 7) is 0.646. The second-order valence-corrected chi connectivity index (χ2v) is 5.55. The number of methoxy groups -OCH3 is 1. The summed E-state index contributed by atoms with van der Waals surface area (Å²) in [6, 6.07) is 22.4. The van der Waals surface area contributed by atoms with E-state index in [0.717, 1.165) is 17.9 Å². The molecule has 3 rings (SSSR count). The van der Waals surface area contributed by atoms with Crippen LogP contribution in [0.2, 0.25) is 0 Å². The molecule has 3 aromatic carbocycles. The Morgan fingerprint density at radius 1 is 1.00 bits per heavy atom. The van der Waals surface area contributed by atoms with Crippen LogP contribution < -0.4 is 15.8 Å². The van der Waals surface area contributed by atoms with Gasteiger partial charge in [0.2, 0.25) is 0 Å². The molecule has 0 fully saturated rings. The molecule has 0 aliphatic rings. The number of ether oxygens (including phenoxy) is 1. The zero-order chi connectivity index (χ0) is 16.8. The van der Waals surface area contributed by atoms with E-state index in [4.69, 9.17) is 10.5 Å². The van der Waals surface area contributed by atoms with E-state index < -0.39 is 0 Å². The van der Waals surface area contributed by atoms with Crippen LogP contribution >= 0.6 is 0 Å². The number of nitrogens with one attached hydrogen (secondary N) is 1. The highest BCUT2D eigenvalue weighted by Gasteiger charge is 1.98. The van der Waals surface area contributed by atoms with Crippen LogP contribution in [0.25, 0.3) is 10.8 Å². The number of fused-ring (bicyclic) bond motifs is 1. The van der Waals surface area contributed by atoms with Crippen molar-refractivity contribution in [1.82, 2.24) is 0 Å². The number of nitrogens with zero attached hydrogens (tertiary/aromatic N) is 1. The van der Waals surface area contributed by atoms with Crippen molar-refractivity contribution < 1.29 is 4.74 Å². The third-order valence-electron chi connectivity index (χ3n) is 3.86. The number of guanidine groups is 1. The molecule has 0 radical (unpaired) electrons. The summed E-state index contributed by atoms with van der Waals surface area (Å²) < 4.78 is 5.13. The van der Waals surface area contributed by atoms with Crippen LogP contribution in [0.3, 0.4) is 0 Å². The van der Waals surface area contributed by atoms with E-state index in [-0.39, 0.29) is 0 Å². The Balaban J connectivity index is 1.57. The van der Waals surface area contributed by atoms with Gasteiger partial charge in [0, 0.05) is 12.2 Å². The summed E-state index contributed by atoms with van der Waals surface area (Å²) in [5.74, 6) is 1.23. The maximum atomic E-state index is 5.94. The molecular formula is C20H21N3O. The molecule has 0 aliphatic heterocycles. The first-order valence-corrected chi connectivity index (χ1v) is 7.93. The number of hydrogen-bond donors (Lipinski definition) is 2. The molecule has 3 aromatic rings. The van der Waals surface area contributed by atoms with Crippen molar-refractivity contribution in [2.24, 2.45) is 10.7 Å². The van der Waals surface area contributed by atoms with Crippen molar-refractivity contribution >= 4 is 22.4 Å². The van der Waals surface area contributed by atoms with Gasteiger partial charge in [-0.1, -0.05) is 42.5 Å². The molecule has 24 heavy (non-hydrogen) atoms. The van der Waals surface area contributed by atoms with Gasteiger partial charge in [0.25, 0.3) is 0 Å². The van der Waals surface area contributed by atoms with Gasteiger partial charge in [0.1, 0.15) is 5.75 Å². The van der Waals surface area contributed by atoms with E-state index >= 15 is 0 Å². The standard InChI is InChI=1S/C20H21N3O/c1-24-19-10-8-18(9-11-19)23-20(21)22-13-12-15-6-7-16-4-2-3-5-17(16)14-15/h2-11,14H,12-13H2,1H3,(H3,21,22,23). The van der Waals surface area contributed by atoms with Crippen molar-refractivity contribution in [1.29, 1.82) is 0 Å². The molecule has 0 bridgehead atoms. The topological polar surface area (TPSA) is 59.6 Å². The lowest BCUT2D eigenvalue weighted by Crippen LogP contribution is -2.23. The minimum atomic E-state index is 0.418. The largest absolute Gasteiger partial charge is 0.497 e. The highest BCUT2D eigenvalue weighted by molar-refractivity contribution is 5.92. The summed E-state index contributed by atoms with van der Waals surface area (Å²) in [6.07, 6.45) is 0.857. The fraction of sp³-hybridized carbons (Fsp3) is 0.150.